The fraction of sp³-hybridized carbons (Fsp3) is 0.435. The van der Waals surface area contributed by atoms with Crippen molar-refractivity contribution in [1.82, 2.24) is 9.80 Å². The summed E-state index contributed by atoms with van der Waals surface area (Å²) in [5, 5.41) is 0. The molecule has 11 heteroatoms. The first-order valence-corrected chi connectivity index (χ1v) is 14.7. The Morgan fingerprint density at radius 1 is 0.971 bits per heavy atom. The number of likely N-dealkylation sites (tertiary alicyclic amines) is 1. The van der Waals surface area contributed by atoms with Crippen molar-refractivity contribution in [3.8, 4) is 0 Å². The summed E-state index contributed by atoms with van der Waals surface area (Å²) in [5.41, 5.74) is 7.00. The van der Waals surface area contributed by atoms with Crippen LogP contribution in [0.5, 0.6) is 0 Å². The molecule has 0 aromatic heterocycles. The second-order valence-electron chi connectivity index (χ2n) is 8.69. The summed E-state index contributed by atoms with van der Waals surface area (Å²) in [4.78, 5) is 17.4. The van der Waals surface area contributed by atoms with Gasteiger partial charge in [-0.1, -0.05) is 42.5 Å². The number of likely N-dealkylation sites (N-methyl/N-ethyl adjacent to an activating group) is 1. The quantitative estimate of drug-likeness (QED) is 0.513. The number of benzene rings is 2. The van der Waals surface area contributed by atoms with Crippen LogP contribution in [0, 0.1) is 0 Å². The van der Waals surface area contributed by atoms with Crippen LogP contribution in [0.25, 0.3) is 0 Å². The van der Waals surface area contributed by atoms with E-state index in [1.807, 2.05) is 30.3 Å². The van der Waals surface area contributed by atoms with E-state index in [2.05, 4.69) is 4.90 Å². The highest BCUT2D eigenvalue weighted by Crippen LogP contribution is 2.33. The van der Waals surface area contributed by atoms with Gasteiger partial charge in [-0.25, -0.2) is 16.8 Å². The molecular weight excluding hydrogens is 476 g/mol. The molecule has 0 aliphatic carbocycles. The van der Waals surface area contributed by atoms with Crippen molar-refractivity contribution in [2.45, 2.75) is 25.3 Å². The van der Waals surface area contributed by atoms with Crippen LogP contribution in [0.3, 0.4) is 0 Å². The number of para-hydroxylation sites is 1. The van der Waals surface area contributed by atoms with E-state index in [0.29, 0.717) is 10.3 Å². The molecule has 186 valence electrons. The molecule has 2 aromatic rings. The molecule has 1 saturated heterocycles. The Morgan fingerprint density at radius 3 is 2.12 bits per heavy atom. The summed E-state index contributed by atoms with van der Waals surface area (Å²) >= 11 is 0. The third-order valence-corrected chi connectivity index (χ3v) is 9.15. The molecule has 0 radical (unpaired) electrons. The highest BCUT2D eigenvalue weighted by Gasteiger charge is 2.33. The molecule has 3 rings (SSSR count). The van der Waals surface area contributed by atoms with E-state index in [0.717, 1.165) is 44.0 Å². The number of nitrogens with zero attached hydrogens (tertiary/aromatic N) is 3. The van der Waals surface area contributed by atoms with Gasteiger partial charge in [0.1, 0.15) is 0 Å². The van der Waals surface area contributed by atoms with Gasteiger partial charge >= 0.3 is 0 Å². The number of nitrogens with two attached hydrogens (primary N) is 1. The Bertz CT molecular complexity index is 1200. The fourth-order valence-corrected chi connectivity index (χ4v) is 7.43. The van der Waals surface area contributed by atoms with Crippen LogP contribution in [0.1, 0.15) is 30.0 Å². The predicted octanol–water partition coefficient (Wildman–Crippen LogP) is 1.83. The first kappa shape index (κ1) is 26.0. The predicted molar refractivity (Wildman–Crippen MR) is 134 cm³/mol. The summed E-state index contributed by atoms with van der Waals surface area (Å²) in [6.45, 7) is 2.62. The molecule has 1 aliphatic rings. The summed E-state index contributed by atoms with van der Waals surface area (Å²) in [5.74, 6) is -0.276. The Hall–Kier alpha value is -2.63. The maximum atomic E-state index is 13.4. The van der Waals surface area contributed by atoms with E-state index in [1.165, 1.54) is 12.1 Å². The smallest absolute Gasteiger partial charge is 0.245 e. The molecule has 0 bridgehead atoms. The summed E-state index contributed by atoms with van der Waals surface area (Å²) in [7, 11) is -6.72. The topological polar surface area (TPSA) is 121 Å². The zero-order valence-electron chi connectivity index (χ0n) is 19.7. The lowest BCUT2D eigenvalue weighted by Crippen LogP contribution is -2.40. The highest BCUT2D eigenvalue weighted by molar-refractivity contribution is 8.09. The first-order valence-electron chi connectivity index (χ1n) is 11.0. The van der Waals surface area contributed by atoms with Gasteiger partial charge in [0.05, 0.1) is 36.3 Å². The Morgan fingerprint density at radius 2 is 1.56 bits per heavy atom. The number of anilines is 2. The van der Waals surface area contributed by atoms with Gasteiger partial charge in [0, 0.05) is 13.6 Å². The van der Waals surface area contributed by atoms with Crippen LogP contribution >= 0.6 is 0 Å². The van der Waals surface area contributed by atoms with Crippen molar-refractivity contribution in [3.63, 3.8) is 0 Å². The molecule has 1 aliphatic heterocycles. The van der Waals surface area contributed by atoms with Crippen molar-refractivity contribution >= 4 is 37.3 Å². The second kappa shape index (κ2) is 10.3. The molecule has 0 saturated carbocycles. The average molecular weight is 509 g/mol. The number of rotatable bonds is 9. The van der Waals surface area contributed by atoms with Crippen LogP contribution < -0.4 is 9.44 Å². The van der Waals surface area contributed by atoms with Crippen LogP contribution in [-0.4, -0.2) is 71.7 Å². The van der Waals surface area contributed by atoms with E-state index in [1.54, 1.807) is 18.0 Å². The SMILES string of the molecule is CN(C(=O)Cc1cccc(N)c1N(S(C)(=O)=O)S(C)(=O)=O)[C@H](CN1CCCC1)c1ccccc1. The number of hydrogen-bond donors (Lipinski definition) is 1. The van der Waals surface area contributed by atoms with Crippen LogP contribution in [0.2, 0.25) is 0 Å². The van der Waals surface area contributed by atoms with Gasteiger partial charge < -0.3 is 15.5 Å². The highest BCUT2D eigenvalue weighted by atomic mass is 32.3. The van der Waals surface area contributed by atoms with E-state index < -0.39 is 20.0 Å². The molecule has 34 heavy (non-hydrogen) atoms. The fourth-order valence-electron chi connectivity index (χ4n) is 4.35. The van der Waals surface area contributed by atoms with Crippen molar-refractivity contribution in [2.24, 2.45) is 0 Å². The number of carbonyl (C=O) groups is 1. The molecule has 2 aromatic carbocycles. The zero-order valence-corrected chi connectivity index (χ0v) is 21.3. The minimum atomic E-state index is -4.22. The molecule has 1 fully saturated rings. The lowest BCUT2D eigenvalue weighted by Gasteiger charge is -2.32. The zero-order chi connectivity index (χ0) is 25.1. The standard InChI is InChI=1S/C23H32N4O5S2/c1-25(21(17-26-14-7-8-15-26)18-10-5-4-6-11-18)22(28)16-19-12-9-13-20(24)23(19)27(33(2,29)30)34(3,31)32/h4-6,9-13,21H,7-8,14-17,24H2,1-3H3/t21-/m1/s1. The molecule has 0 unspecified atom stereocenters. The summed E-state index contributed by atoms with van der Waals surface area (Å²) < 4.78 is 49.8. The van der Waals surface area contributed by atoms with Gasteiger partial charge in [0.15, 0.2) is 0 Å². The van der Waals surface area contributed by atoms with Gasteiger partial charge in [-0.3, -0.25) is 4.79 Å². The second-order valence-corrected chi connectivity index (χ2v) is 12.6. The molecule has 2 N–H and O–H groups in total. The van der Waals surface area contributed by atoms with Crippen molar-refractivity contribution in [1.29, 1.82) is 0 Å². The molecule has 1 amide bonds. The third kappa shape index (κ3) is 6.08. The van der Waals surface area contributed by atoms with Crippen LogP contribution in [-0.2, 0) is 31.3 Å². The molecular formula is C23H32N4O5S2. The van der Waals surface area contributed by atoms with Gasteiger partial charge in [-0.2, -0.15) is 3.71 Å². The number of nitrogen functional groups attached to an aromatic ring is 1. The monoisotopic (exact) mass is 508 g/mol. The molecule has 0 spiro atoms. The number of amides is 1. The van der Waals surface area contributed by atoms with E-state index in [4.69, 9.17) is 5.73 Å². The molecule has 1 atom stereocenters. The van der Waals surface area contributed by atoms with Gasteiger partial charge in [-0.05, 0) is 43.1 Å². The Labute approximate surface area is 202 Å². The normalized spacial score (nSPS) is 15.7. The minimum absolute atomic E-state index is 0.0412. The average Bonchev–Trinajstić information content (AvgIpc) is 3.26. The lowest BCUT2D eigenvalue weighted by molar-refractivity contribution is -0.131. The summed E-state index contributed by atoms with van der Waals surface area (Å²) in [6, 6.07) is 14.0. The van der Waals surface area contributed by atoms with Gasteiger partial charge in [-0.15, -0.1) is 0 Å². The largest absolute Gasteiger partial charge is 0.397 e. The van der Waals surface area contributed by atoms with Crippen molar-refractivity contribution in [3.05, 3.63) is 59.7 Å². The van der Waals surface area contributed by atoms with E-state index >= 15 is 0 Å². The van der Waals surface area contributed by atoms with E-state index in [-0.39, 0.29) is 35.3 Å². The Kier molecular flexibility index (Phi) is 7.89. The maximum Gasteiger partial charge on any atom is 0.245 e. The van der Waals surface area contributed by atoms with Crippen molar-refractivity contribution < 1.29 is 21.6 Å². The van der Waals surface area contributed by atoms with Crippen molar-refractivity contribution in [2.75, 3.05) is 48.6 Å². The van der Waals surface area contributed by atoms with Crippen LogP contribution in [0.15, 0.2) is 48.5 Å². The van der Waals surface area contributed by atoms with Gasteiger partial charge in [0.25, 0.3) is 0 Å². The number of sulfonamides is 2. The summed E-state index contributed by atoms with van der Waals surface area (Å²) in [6.07, 6.45) is 3.62. The Balaban J connectivity index is 1.96. The minimum Gasteiger partial charge on any atom is -0.397 e. The third-order valence-electron chi connectivity index (χ3n) is 5.95. The molecule has 1 heterocycles. The van der Waals surface area contributed by atoms with E-state index in [9.17, 15) is 21.6 Å². The van der Waals surface area contributed by atoms with Gasteiger partial charge in [0.2, 0.25) is 26.0 Å². The first-order chi connectivity index (χ1) is 15.9. The lowest BCUT2D eigenvalue weighted by atomic mass is 10.0. The van der Waals surface area contributed by atoms with Crippen LogP contribution in [0.4, 0.5) is 11.4 Å². The molecule has 9 nitrogen and oxygen atoms in total. The number of hydrogen-bond acceptors (Lipinski definition) is 7. The number of carbonyl (C=O) groups excluding carboxylic acids is 1. The maximum absolute atomic E-state index is 13.4.